The van der Waals surface area contributed by atoms with Gasteiger partial charge in [0, 0.05) is 52.8 Å². The van der Waals surface area contributed by atoms with Crippen molar-refractivity contribution >= 4 is 5.69 Å². The molecule has 2 aliphatic carbocycles. The van der Waals surface area contributed by atoms with Crippen LogP contribution in [0.2, 0.25) is 0 Å². The number of hydrogen-bond donors (Lipinski definition) is 0. The highest BCUT2D eigenvalue weighted by atomic mass is 15.2. The molecule has 5 rings (SSSR count). The number of para-hydroxylation sites is 1. The zero-order valence-corrected chi connectivity index (χ0v) is 29.0. The Balaban J connectivity index is 1.47. The summed E-state index contributed by atoms with van der Waals surface area (Å²) in [4.78, 5) is 4.86. The molecule has 2 heterocycles. The molecule has 2 atom stereocenters. The molecule has 4 aliphatic rings. The predicted octanol–water partition coefficient (Wildman–Crippen LogP) is 11.9. The van der Waals surface area contributed by atoms with Crippen LogP contribution in [0.25, 0.3) is 0 Å². The molecule has 2 heteroatoms. The van der Waals surface area contributed by atoms with Gasteiger partial charge >= 0.3 is 0 Å². The molecule has 1 unspecified atom stereocenters. The standard InChI is InChI=1S/C46H50N2/c1-7-11-13-26-40(10-4)47-35-37(31-32-38-24-16-17-30-45(38)47)23-18-22-36(5)44-29-19-28-43-34-46(44,6)39-25-14-12-15-27-42(33-39)48(43)41(20-8-2)21-9-3/h7-9,11-26,28-30,33-34,39H,1-2,5,10,27,31-32,35H2,3-4,6H3/b13-11-,15-12-,21-9-,22-18-,25-14-,37-23+,40-26+,41-20+/t39?,46-/m0/s1. The summed E-state index contributed by atoms with van der Waals surface area (Å²) in [6.07, 6.45) is 47.4. The van der Waals surface area contributed by atoms with Crippen LogP contribution in [0.4, 0.5) is 5.69 Å². The van der Waals surface area contributed by atoms with Gasteiger partial charge in [0.1, 0.15) is 0 Å². The minimum Gasteiger partial charge on any atom is -0.341 e. The number of allylic oxidation sites excluding steroid dienone is 23. The van der Waals surface area contributed by atoms with Crippen LogP contribution in [0.3, 0.4) is 0 Å². The monoisotopic (exact) mass is 630 g/mol. The van der Waals surface area contributed by atoms with E-state index in [0.29, 0.717) is 0 Å². The topological polar surface area (TPSA) is 6.48 Å². The number of anilines is 1. The van der Waals surface area contributed by atoms with E-state index in [2.05, 4.69) is 178 Å². The molecule has 0 N–H and O–H groups in total. The summed E-state index contributed by atoms with van der Waals surface area (Å²) in [5.41, 5.74) is 10.9. The molecule has 0 aromatic heterocycles. The summed E-state index contributed by atoms with van der Waals surface area (Å²) < 4.78 is 0. The third-order valence-electron chi connectivity index (χ3n) is 9.52. The lowest BCUT2D eigenvalue weighted by Crippen LogP contribution is -2.26. The lowest BCUT2D eigenvalue weighted by Gasteiger charge is -2.34. The van der Waals surface area contributed by atoms with Gasteiger partial charge in [0.05, 0.1) is 0 Å². The summed E-state index contributed by atoms with van der Waals surface area (Å²) in [6.45, 7) is 20.0. The molecule has 48 heavy (non-hydrogen) atoms. The minimum absolute atomic E-state index is 0.158. The second-order valence-corrected chi connectivity index (χ2v) is 12.7. The molecule has 1 aromatic carbocycles. The van der Waals surface area contributed by atoms with Gasteiger partial charge in [-0.3, -0.25) is 0 Å². The van der Waals surface area contributed by atoms with Crippen LogP contribution in [0.15, 0.2) is 205 Å². The molecule has 1 aromatic rings. The summed E-state index contributed by atoms with van der Waals surface area (Å²) in [6, 6.07) is 8.83. The fraction of sp³-hybridized carbons (Fsp3) is 0.217. The van der Waals surface area contributed by atoms with E-state index in [4.69, 9.17) is 0 Å². The van der Waals surface area contributed by atoms with Crippen molar-refractivity contribution in [3.63, 3.8) is 0 Å². The number of hydrogen-bond acceptors (Lipinski definition) is 2. The summed E-state index contributed by atoms with van der Waals surface area (Å²) in [5.74, 6) is 0.158. The number of rotatable bonds is 10. The average molecular weight is 631 g/mol. The Morgan fingerprint density at radius 3 is 2.65 bits per heavy atom. The zero-order valence-electron chi connectivity index (χ0n) is 29.0. The van der Waals surface area contributed by atoms with Crippen LogP contribution >= 0.6 is 0 Å². The number of fused-ring (bicyclic) bond motifs is 4. The first-order chi connectivity index (χ1) is 23.4. The summed E-state index contributed by atoms with van der Waals surface area (Å²) >= 11 is 0. The van der Waals surface area contributed by atoms with E-state index in [1.807, 2.05) is 18.2 Å². The minimum atomic E-state index is -0.301. The third kappa shape index (κ3) is 7.55. The van der Waals surface area contributed by atoms with E-state index in [0.717, 1.165) is 49.2 Å². The molecule has 244 valence electrons. The number of nitrogens with zero attached hydrogens (tertiary/aromatic N) is 2. The molecule has 2 aliphatic heterocycles. The van der Waals surface area contributed by atoms with E-state index in [1.165, 1.54) is 33.8 Å². The molecular formula is C46H50N2. The van der Waals surface area contributed by atoms with E-state index in [1.54, 1.807) is 0 Å². The molecule has 4 bridgehead atoms. The maximum atomic E-state index is 4.64. The van der Waals surface area contributed by atoms with Crippen molar-refractivity contribution in [3.8, 4) is 0 Å². The van der Waals surface area contributed by atoms with Gasteiger partial charge in [-0.25, -0.2) is 0 Å². The van der Waals surface area contributed by atoms with Gasteiger partial charge in [-0.2, -0.15) is 0 Å². The Bertz CT molecular complexity index is 1780. The quantitative estimate of drug-likeness (QED) is 0.237. The summed E-state index contributed by atoms with van der Waals surface area (Å²) in [5, 5.41) is 0. The largest absolute Gasteiger partial charge is 0.341 e. The highest BCUT2D eigenvalue weighted by molar-refractivity contribution is 5.61. The fourth-order valence-electron chi connectivity index (χ4n) is 7.10. The van der Waals surface area contributed by atoms with Crippen molar-refractivity contribution in [2.24, 2.45) is 11.3 Å². The van der Waals surface area contributed by atoms with E-state index in [-0.39, 0.29) is 11.3 Å². The molecular weight excluding hydrogens is 581 g/mol. The molecule has 0 fully saturated rings. The number of benzene rings is 1. The predicted molar refractivity (Wildman–Crippen MR) is 209 cm³/mol. The van der Waals surface area contributed by atoms with Crippen LogP contribution in [0, 0.1) is 11.3 Å². The molecule has 0 spiro atoms. The van der Waals surface area contributed by atoms with Crippen molar-refractivity contribution in [1.29, 1.82) is 0 Å². The second kappa shape index (κ2) is 16.2. The van der Waals surface area contributed by atoms with Gasteiger partial charge in [0.15, 0.2) is 0 Å². The Hall–Kier alpha value is -5.08. The summed E-state index contributed by atoms with van der Waals surface area (Å²) in [7, 11) is 0. The van der Waals surface area contributed by atoms with Gasteiger partial charge in [-0.05, 0) is 79.3 Å². The maximum absolute atomic E-state index is 4.64. The Kier molecular flexibility index (Phi) is 11.5. The Labute approximate surface area is 289 Å². The Morgan fingerprint density at radius 2 is 1.85 bits per heavy atom. The van der Waals surface area contributed by atoms with Crippen molar-refractivity contribution in [2.45, 2.75) is 46.5 Å². The highest BCUT2D eigenvalue weighted by Crippen LogP contribution is 2.48. The van der Waals surface area contributed by atoms with Gasteiger partial charge in [0.2, 0.25) is 0 Å². The van der Waals surface area contributed by atoms with Crippen molar-refractivity contribution in [3.05, 3.63) is 211 Å². The van der Waals surface area contributed by atoms with Crippen molar-refractivity contribution in [2.75, 3.05) is 11.4 Å². The molecule has 2 nitrogen and oxygen atoms in total. The molecule has 0 saturated carbocycles. The van der Waals surface area contributed by atoms with Gasteiger partial charge in [-0.15, -0.1) is 0 Å². The number of aryl methyl sites for hydroxylation is 1. The van der Waals surface area contributed by atoms with Crippen LogP contribution in [0.5, 0.6) is 0 Å². The molecule has 0 amide bonds. The van der Waals surface area contributed by atoms with Gasteiger partial charge in [-0.1, -0.05) is 148 Å². The van der Waals surface area contributed by atoms with Crippen LogP contribution in [-0.2, 0) is 6.42 Å². The van der Waals surface area contributed by atoms with E-state index in [9.17, 15) is 0 Å². The van der Waals surface area contributed by atoms with Crippen molar-refractivity contribution < 1.29 is 0 Å². The van der Waals surface area contributed by atoms with Crippen LogP contribution < -0.4 is 4.90 Å². The third-order valence-corrected chi connectivity index (χ3v) is 9.52. The van der Waals surface area contributed by atoms with E-state index >= 15 is 0 Å². The zero-order chi connectivity index (χ0) is 33.9. The normalized spacial score (nSPS) is 25.0. The van der Waals surface area contributed by atoms with E-state index < -0.39 is 0 Å². The molecule has 0 saturated heterocycles. The molecule has 0 radical (unpaired) electrons. The lowest BCUT2D eigenvalue weighted by atomic mass is 9.68. The van der Waals surface area contributed by atoms with Crippen LogP contribution in [-0.4, -0.2) is 11.4 Å². The highest BCUT2D eigenvalue weighted by Gasteiger charge is 2.39. The first-order valence-electron chi connectivity index (χ1n) is 17.2. The average Bonchev–Trinajstić information content (AvgIpc) is 3.42. The van der Waals surface area contributed by atoms with Crippen LogP contribution in [0.1, 0.15) is 45.6 Å². The second-order valence-electron chi connectivity index (χ2n) is 12.7. The maximum Gasteiger partial charge on any atom is 0.0454 e. The lowest BCUT2D eigenvalue weighted by molar-refractivity contribution is 0.438. The van der Waals surface area contributed by atoms with Gasteiger partial charge in [0.25, 0.3) is 0 Å². The van der Waals surface area contributed by atoms with Crippen molar-refractivity contribution in [1.82, 2.24) is 4.90 Å². The SMILES string of the molecule is C=C/C=C\C=C(/CC)N1C/C(=C/C=C\C(=C)C2=CC=CC3=C[C@@]2(C)C2C=C(C/C=C\C=C/2)N3C(/C=C\C)=C/C=C)CCc2ccccc21. The smallest absolute Gasteiger partial charge is 0.0454 e. The van der Waals surface area contributed by atoms with Gasteiger partial charge < -0.3 is 9.80 Å². The first-order valence-corrected chi connectivity index (χ1v) is 17.2. The Morgan fingerprint density at radius 1 is 1.00 bits per heavy atom. The fourth-order valence-corrected chi connectivity index (χ4v) is 7.10. The first kappa shape index (κ1) is 34.3.